The molecule has 0 N–H and O–H groups in total. The summed E-state index contributed by atoms with van der Waals surface area (Å²) >= 11 is 2.31. The van der Waals surface area contributed by atoms with Crippen LogP contribution in [0, 0.1) is 0 Å². The second-order valence-electron chi connectivity index (χ2n) is 5.01. The van der Waals surface area contributed by atoms with Gasteiger partial charge in [0.05, 0.1) is 6.61 Å². The van der Waals surface area contributed by atoms with Gasteiger partial charge in [-0.15, -0.1) is 0 Å². The number of halogens is 1. The summed E-state index contributed by atoms with van der Waals surface area (Å²) < 4.78 is 6.62. The SMILES string of the molecule is ICCOc1ccc(-c2ccc(-c3ccccc3)cc2)cc1. The van der Waals surface area contributed by atoms with Crippen molar-refractivity contribution in [3.63, 3.8) is 0 Å². The lowest BCUT2D eigenvalue weighted by atomic mass is 10.0. The molecule has 3 rings (SSSR count). The maximum atomic E-state index is 5.62. The van der Waals surface area contributed by atoms with E-state index in [9.17, 15) is 0 Å². The number of ether oxygens (including phenoxy) is 1. The number of benzene rings is 3. The first kappa shape index (κ1) is 15.1. The molecule has 0 aromatic heterocycles. The lowest BCUT2D eigenvalue weighted by Crippen LogP contribution is -1.97. The normalized spacial score (nSPS) is 10.4. The first-order valence-corrected chi connectivity index (χ1v) is 8.84. The molecular formula is C20H17IO. The maximum Gasteiger partial charge on any atom is 0.119 e. The summed E-state index contributed by atoms with van der Waals surface area (Å²) in [4.78, 5) is 0. The highest BCUT2D eigenvalue weighted by Gasteiger charge is 2.01. The van der Waals surface area contributed by atoms with Gasteiger partial charge in [0.15, 0.2) is 0 Å². The molecule has 3 aromatic carbocycles. The molecule has 0 aliphatic carbocycles. The van der Waals surface area contributed by atoms with Crippen LogP contribution in [0.1, 0.15) is 0 Å². The molecule has 2 heteroatoms. The van der Waals surface area contributed by atoms with Gasteiger partial charge < -0.3 is 4.74 Å². The molecule has 0 spiro atoms. The molecule has 0 radical (unpaired) electrons. The van der Waals surface area contributed by atoms with Crippen molar-refractivity contribution in [2.75, 3.05) is 11.0 Å². The van der Waals surface area contributed by atoms with Crippen LogP contribution in [0.3, 0.4) is 0 Å². The zero-order valence-electron chi connectivity index (χ0n) is 12.2. The smallest absolute Gasteiger partial charge is 0.119 e. The van der Waals surface area contributed by atoms with Gasteiger partial charge in [-0.25, -0.2) is 0 Å². The molecule has 0 saturated heterocycles. The highest BCUT2D eigenvalue weighted by atomic mass is 127. The molecule has 0 unspecified atom stereocenters. The zero-order chi connectivity index (χ0) is 15.2. The van der Waals surface area contributed by atoms with E-state index in [-0.39, 0.29) is 0 Å². The maximum absolute atomic E-state index is 5.62. The molecule has 1 nitrogen and oxygen atoms in total. The van der Waals surface area contributed by atoms with Crippen molar-refractivity contribution in [2.24, 2.45) is 0 Å². The highest BCUT2D eigenvalue weighted by Crippen LogP contribution is 2.26. The summed E-state index contributed by atoms with van der Waals surface area (Å²) in [6.45, 7) is 0.756. The molecule has 0 heterocycles. The van der Waals surface area contributed by atoms with Crippen molar-refractivity contribution < 1.29 is 4.74 Å². The van der Waals surface area contributed by atoms with E-state index in [2.05, 4.69) is 83.3 Å². The second-order valence-corrected chi connectivity index (χ2v) is 6.08. The van der Waals surface area contributed by atoms with Crippen molar-refractivity contribution in [2.45, 2.75) is 0 Å². The molecule has 0 bridgehead atoms. The summed E-state index contributed by atoms with van der Waals surface area (Å²) in [6, 6.07) is 27.4. The topological polar surface area (TPSA) is 9.23 Å². The first-order valence-electron chi connectivity index (χ1n) is 7.31. The molecule has 110 valence electrons. The van der Waals surface area contributed by atoms with Crippen LogP contribution in [0.25, 0.3) is 22.3 Å². The third-order valence-corrected chi connectivity index (χ3v) is 3.97. The van der Waals surface area contributed by atoms with Crippen LogP contribution < -0.4 is 4.74 Å². The summed E-state index contributed by atoms with van der Waals surface area (Å²) in [7, 11) is 0. The minimum absolute atomic E-state index is 0.756. The largest absolute Gasteiger partial charge is 0.493 e. The van der Waals surface area contributed by atoms with Gasteiger partial charge in [-0.3, -0.25) is 0 Å². The van der Waals surface area contributed by atoms with Crippen LogP contribution >= 0.6 is 22.6 Å². The molecule has 0 atom stereocenters. The quantitative estimate of drug-likeness (QED) is 0.387. The monoisotopic (exact) mass is 400 g/mol. The average molecular weight is 400 g/mol. The van der Waals surface area contributed by atoms with Crippen molar-refractivity contribution in [1.82, 2.24) is 0 Å². The van der Waals surface area contributed by atoms with E-state index in [0.717, 1.165) is 16.8 Å². The molecule has 0 aliphatic rings. The summed E-state index contributed by atoms with van der Waals surface area (Å²) in [6.07, 6.45) is 0. The van der Waals surface area contributed by atoms with E-state index >= 15 is 0 Å². The van der Waals surface area contributed by atoms with E-state index in [1.807, 2.05) is 18.2 Å². The van der Waals surface area contributed by atoms with E-state index < -0.39 is 0 Å². The van der Waals surface area contributed by atoms with Gasteiger partial charge in [0.25, 0.3) is 0 Å². The van der Waals surface area contributed by atoms with Gasteiger partial charge in [-0.05, 0) is 34.4 Å². The van der Waals surface area contributed by atoms with E-state index in [4.69, 9.17) is 4.74 Å². The predicted molar refractivity (Wildman–Crippen MR) is 102 cm³/mol. The van der Waals surface area contributed by atoms with E-state index in [0.29, 0.717) is 0 Å². The average Bonchev–Trinajstić information content (AvgIpc) is 2.61. The third kappa shape index (κ3) is 3.69. The molecule has 3 aromatic rings. The first-order chi connectivity index (χ1) is 10.9. The fourth-order valence-corrected chi connectivity index (χ4v) is 2.61. The summed E-state index contributed by atoms with van der Waals surface area (Å²) in [5.74, 6) is 0.932. The van der Waals surface area contributed by atoms with Gasteiger partial charge in [0, 0.05) is 4.43 Å². The van der Waals surface area contributed by atoms with Crippen LogP contribution in [0.5, 0.6) is 5.75 Å². The van der Waals surface area contributed by atoms with Crippen molar-refractivity contribution in [3.8, 4) is 28.0 Å². The number of hydrogen-bond donors (Lipinski definition) is 0. The Bertz CT molecular complexity index is 703. The Hall–Kier alpha value is -1.81. The Kier molecular flexibility index (Phi) is 5.11. The van der Waals surface area contributed by atoms with E-state index in [1.54, 1.807) is 0 Å². The van der Waals surface area contributed by atoms with Crippen molar-refractivity contribution >= 4 is 22.6 Å². The lowest BCUT2D eigenvalue weighted by Gasteiger charge is -2.07. The Morgan fingerprint density at radius 2 is 1.05 bits per heavy atom. The molecule has 0 amide bonds. The highest BCUT2D eigenvalue weighted by molar-refractivity contribution is 14.1. The van der Waals surface area contributed by atoms with Crippen LogP contribution in [0.2, 0.25) is 0 Å². The lowest BCUT2D eigenvalue weighted by molar-refractivity contribution is 0.346. The molecule has 0 saturated carbocycles. The summed E-state index contributed by atoms with van der Waals surface area (Å²) in [5, 5.41) is 0. The number of hydrogen-bond acceptors (Lipinski definition) is 1. The van der Waals surface area contributed by atoms with Crippen LogP contribution in [-0.2, 0) is 0 Å². The Morgan fingerprint density at radius 1 is 0.591 bits per heavy atom. The molecule has 0 fully saturated rings. The minimum Gasteiger partial charge on any atom is -0.493 e. The van der Waals surface area contributed by atoms with E-state index in [1.165, 1.54) is 22.3 Å². The minimum atomic E-state index is 0.756. The Morgan fingerprint density at radius 3 is 1.55 bits per heavy atom. The standard InChI is InChI=1S/C20H17IO/c21-14-15-22-20-12-10-19(11-13-20)18-8-6-17(7-9-18)16-4-2-1-3-5-16/h1-13H,14-15H2. The number of rotatable bonds is 5. The molecular weight excluding hydrogens is 383 g/mol. The zero-order valence-corrected chi connectivity index (χ0v) is 14.4. The Labute approximate surface area is 145 Å². The van der Waals surface area contributed by atoms with Gasteiger partial charge in [-0.2, -0.15) is 0 Å². The molecule has 0 aliphatic heterocycles. The number of alkyl halides is 1. The summed E-state index contributed by atoms with van der Waals surface area (Å²) in [5.41, 5.74) is 4.92. The second kappa shape index (κ2) is 7.45. The van der Waals surface area contributed by atoms with Gasteiger partial charge in [-0.1, -0.05) is 89.3 Å². The van der Waals surface area contributed by atoms with Gasteiger partial charge in [0.2, 0.25) is 0 Å². The Balaban J connectivity index is 1.78. The fourth-order valence-electron chi connectivity index (χ4n) is 2.39. The van der Waals surface area contributed by atoms with Crippen LogP contribution in [0.4, 0.5) is 0 Å². The van der Waals surface area contributed by atoms with Crippen molar-refractivity contribution in [3.05, 3.63) is 78.9 Å². The molecule has 22 heavy (non-hydrogen) atoms. The predicted octanol–water partition coefficient (Wildman–Crippen LogP) is 5.83. The van der Waals surface area contributed by atoms with Crippen LogP contribution in [0.15, 0.2) is 78.9 Å². The fraction of sp³-hybridized carbons (Fsp3) is 0.100. The van der Waals surface area contributed by atoms with Gasteiger partial charge in [0.1, 0.15) is 5.75 Å². The van der Waals surface area contributed by atoms with Crippen LogP contribution in [-0.4, -0.2) is 11.0 Å². The third-order valence-electron chi connectivity index (χ3n) is 3.53. The van der Waals surface area contributed by atoms with Gasteiger partial charge >= 0.3 is 0 Å². The van der Waals surface area contributed by atoms with Crippen molar-refractivity contribution in [1.29, 1.82) is 0 Å².